The first-order chi connectivity index (χ1) is 9.04. The molecule has 1 unspecified atom stereocenters. The van der Waals surface area contributed by atoms with Gasteiger partial charge in [-0.25, -0.2) is 4.39 Å². The number of nitrogens with one attached hydrogen (secondary N) is 1. The van der Waals surface area contributed by atoms with E-state index in [2.05, 4.69) is 0 Å². The summed E-state index contributed by atoms with van der Waals surface area (Å²) in [5.41, 5.74) is 0.495. The zero-order valence-corrected chi connectivity index (χ0v) is 10.3. The Morgan fingerprint density at radius 2 is 1.65 bits per heavy atom. The van der Waals surface area contributed by atoms with E-state index in [4.69, 9.17) is 0 Å². The molecular formula is C12H11F6NO. The van der Waals surface area contributed by atoms with E-state index >= 15 is 0 Å². The van der Waals surface area contributed by atoms with Crippen molar-refractivity contribution in [2.45, 2.75) is 31.5 Å². The molecule has 0 spiro atoms. The van der Waals surface area contributed by atoms with Crippen LogP contribution in [-0.4, -0.2) is 24.0 Å². The number of hydrogen-bond acceptors (Lipinski definition) is 1. The van der Waals surface area contributed by atoms with Crippen molar-refractivity contribution < 1.29 is 31.1 Å². The Labute approximate surface area is 110 Å². The largest absolute Gasteiger partial charge is 0.463 e. The summed E-state index contributed by atoms with van der Waals surface area (Å²) in [6.45, 7) is 1.27. The van der Waals surface area contributed by atoms with E-state index in [1.807, 2.05) is 0 Å². The maximum atomic E-state index is 12.7. The lowest BCUT2D eigenvalue weighted by Gasteiger charge is -2.21. The number of amides is 1. The van der Waals surface area contributed by atoms with Gasteiger partial charge in [-0.2, -0.15) is 22.0 Å². The van der Waals surface area contributed by atoms with Gasteiger partial charge in [0.2, 0.25) is 0 Å². The van der Waals surface area contributed by atoms with E-state index in [9.17, 15) is 31.1 Å². The zero-order valence-electron chi connectivity index (χ0n) is 10.3. The van der Waals surface area contributed by atoms with Gasteiger partial charge in [0, 0.05) is 6.04 Å². The summed E-state index contributed by atoms with van der Waals surface area (Å²) in [7, 11) is 0. The van der Waals surface area contributed by atoms with Gasteiger partial charge < -0.3 is 5.32 Å². The maximum absolute atomic E-state index is 12.7. The Kier molecular flexibility index (Phi) is 4.67. The van der Waals surface area contributed by atoms with Crippen LogP contribution in [0.4, 0.5) is 26.3 Å². The molecule has 8 heteroatoms. The third-order valence-corrected chi connectivity index (χ3v) is 2.47. The topological polar surface area (TPSA) is 29.1 Å². The van der Waals surface area contributed by atoms with Crippen LogP contribution in [0.25, 0.3) is 0 Å². The van der Waals surface area contributed by atoms with Crippen LogP contribution in [0.1, 0.15) is 12.5 Å². The van der Waals surface area contributed by atoms with Crippen molar-refractivity contribution in [2.75, 3.05) is 0 Å². The van der Waals surface area contributed by atoms with Crippen molar-refractivity contribution in [2.24, 2.45) is 0 Å². The molecule has 1 atom stereocenters. The monoisotopic (exact) mass is 299 g/mol. The van der Waals surface area contributed by atoms with Crippen LogP contribution in [0, 0.1) is 5.82 Å². The van der Waals surface area contributed by atoms with Crippen LogP contribution in [0.2, 0.25) is 0 Å². The van der Waals surface area contributed by atoms with Gasteiger partial charge in [0.05, 0.1) is 0 Å². The molecule has 0 saturated carbocycles. The van der Waals surface area contributed by atoms with Gasteiger partial charge in [0.25, 0.3) is 0 Å². The minimum Gasteiger partial charge on any atom is -0.348 e. The van der Waals surface area contributed by atoms with Crippen molar-refractivity contribution >= 4 is 5.91 Å². The third kappa shape index (κ3) is 3.88. The highest BCUT2D eigenvalue weighted by Crippen LogP contribution is 2.35. The number of carbonyl (C=O) groups excluding carboxylic acids is 1. The molecule has 0 fully saturated rings. The van der Waals surface area contributed by atoms with Crippen molar-refractivity contribution in [1.29, 1.82) is 0 Å². The molecule has 0 radical (unpaired) electrons. The Morgan fingerprint density at radius 1 is 1.15 bits per heavy atom. The van der Waals surface area contributed by atoms with Gasteiger partial charge in [0.1, 0.15) is 5.82 Å². The van der Waals surface area contributed by atoms with E-state index < -0.39 is 29.9 Å². The maximum Gasteiger partial charge on any atom is 0.463 e. The number of carbonyl (C=O) groups is 1. The lowest BCUT2D eigenvalue weighted by Crippen LogP contribution is -2.52. The van der Waals surface area contributed by atoms with Crippen molar-refractivity contribution in [1.82, 2.24) is 5.32 Å². The summed E-state index contributed by atoms with van der Waals surface area (Å²) < 4.78 is 73.9. The Balaban J connectivity index is 2.64. The normalized spacial score (nSPS) is 13.9. The molecule has 0 aliphatic rings. The molecule has 20 heavy (non-hydrogen) atoms. The van der Waals surface area contributed by atoms with Crippen molar-refractivity contribution in [3.63, 3.8) is 0 Å². The average molecular weight is 299 g/mol. The van der Waals surface area contributed by atoms with Crippen LogP contribution in [0.3, 0.4) is 0 Å². The van der Waals surface area contributed by atoms with Crippen LogP contribution < -0.4 is 5.32 Å². The van der Waals surface area contributed by atoms with Gasteiger partial charge in [0.15, 0.2) is 0 Å². The highest BCUT2D eigenvalue weighted by Gasteiger charge is 2.63. The number of rotatable bonds is 4. The lowest BCUT2D eigenvalue weighted by molar-refractivity contribution is -0.270. The number of hydrogen-bond donors (Lipinski definition) is 1. The molecule has 0 heterocycles. The molecule has 0 aliphatic heterocycles. The van der Waals surface area contributed by atoms with Gasteiger partial charge in [-0.15, -0.1) is 0 Å². The van der Waals surface area contributed by atoms with Gasteiger partial charge in [-0.05, 0) is 31.0 Å². The van der Waals surface area contributed by atoms with Crippen LogP contribution >= 0.6 is 0 Å². The summed E-state index contributed by atoms with van der Waals surface area (Å²) >= 11 is 0. The fourth-order valence-electron chi connectivity index (χ4n) is 1.47. The smallest absolute Gasteiger partial charge is 0.348 e. The Bertz CT molecular complexity index is 468. The van der Waals surface area contributed by atoms with E-state index in [-0.39, 0.29) is 6.42 Å². The molecule has 1 amide bonds. The number of halogens is 6. The van der Waals surface area contributed by atoms with E-state index in [0.29, 0.717) is 5.56 Å². The molecule has 1 rings (SSSR count). The molecule has 1 N–H and O–H groups in total. The lowest BCUT2D eigenvalue weighted by atomic mass is 10.1. The zero-order chi connectivity index (χ0) is 15.6. The van der Waals surface area contributed by atoms with Crippen molar-refractivity contribution in [3.05, 3.63) is 35.6 Å². The first-order valence-corrected chi connectivity index (χ1v) is 5.54. The van der Waals surface area contributed by atoms with Gasteiger partial charge in [-0.3, -0.25) is 4.79 Å². The summed E-state index contributed by atoms with van der Waals surface area (Å²) in [5.74, 6) is -8.35. The number of alkyl halides is 5. The van der Waals surface area contributed by atoms with E-state index in [1.165, 1.54) is 19.1 Å². The van der Waals surface area contributed by atoms with Crippen LogP contribution in [0.5, 0.6) is 0 Å². The average Bonchev–Trinajstić information content (AvgIpc) is 2.30. The second kappa shape index (κ2) is 5.72. The van der Waals surface area contributed by atoms with E-state index in [0.717, 1.165) is 12.1 Å². The second-order valence-corrected chi connectivity index (χ2v) is 4.28. The molecule has 112 valence electrons. The first kappa shape index (κ1) is 16.3. The second-order valence-electron chi connectivity index (χ2n) is 4.28. The van der Waals surface area contributed by atoms with Gasteiger partial charge >= 0.3 is 18.0 Å². The summed E-state index contributed by atoms with van der Waals surface area (Å²) in [6.07, 6.45) is -5.94. The van der Waals surface area contributed by atoms with Crippen LogP contribution in [-0.2, 0) is 11.2 Å². The third-order valence-electron chi connectivity index (χ3n) is 2.47. The molecule has 0 bridgehead atoms. The predicted octanol–water partition coefficient (Wildman–Crippen LogP) is 3.07. The highest BCUT2D eigenvalue weighted by molar-refractivity contribution is 5.84. The summed E-state index contributed by atoms with van der Waals surface area (Å²) in [4.78, 5) is 10.9. The molecule has 0 aliphatic carbocycles. The standard InChI is InChI=1S/C12H11F6NO/c1-7(6-8-2-4-9(13)5-3-8)19-10(20)11(14,15)12(16,17)18/h2-5,7H,6H2,1H3,(H,19,20). The highest BCUT2D eigenvalue weighted by atomic mass is 19.4. The summed E-state index contributed by atoms with van der Waals surface area (Å²) in [6, 6.07) is 3.98. The Hall–Kier alpha value is -1.73. The fraction of sp³-hybridized carbons (Fsp3) is 0.417. The van der Waals surface area contributed by atoms with Crippen LogP contribution in [0.15, 0.2) is 24.3 Å². The molecule has 0 aromatic heterocycles. The molecule has 2 nitrogen and oxygen atoms in total. The molecule has 1 aromatic rings. The fourth-order valence-corrected chi connectivity index (χ4v) is 1.47. The van der Waals surface area contributed by atoms with Gasteiger partial charge in [-0.1, -0.05) is 12.1 Å². The molecular weight excluding hydrogens is 288 g/mol. The molecule has 0 saturated heterocycles. The number of benzene rings is 1. The van der Waals surface area contributed by atoms with Crippen molar-refractivity contribution in [3.8, 4) is 0 Å². The SMILES string of the molecule is CC(Cc1ccc(F)cc1)NC(=O)C(F)(F)C(F)(F)F. The first-order valence-electron chi connectivity index (χ1n) is 5.54. The predicted molar refractivity (Wildman–Crippen MR) is 58.7 cm³/mol. The summed E-state index contributed by atoms with van der Waals surface area (Å²) in [5, 5.41) is 1.59. The Morgan fingerprint density at radius 3 is 2.10 bits per heavy atom. The molecule has 1 aromatic carbocycles. The minimum atomic E-state index is -5.94. The quantitative estimate of drug-likeness (QED) is 0.851. The minimum absolute atomic E-state index is 0.0000425. The van der Waals surface area contributed by atoms with E-state index in [1.54, 1.807) is 5.32 Å².